The van der Waals surface area contributed by atoms with E-state index in [2.05, 4.69) is 9.97 Å². The third-order valence-corrected chi connectivity index (χ3v) is 3.64. The molecule has 0 radical (unpaired) electrons. The Labute approximate surface area is 119 Å². The van der Waals surface area contributed by atoms with Crippen LogP contribution in [0.3, 0.4) is 0 Å². The fourth-order valence-electron chi connectivity index (χ4n) is 2.61. The van der Waals surface area contributed by atoms with Crippen molar-refractivity contribution in [3.05, 3.63) is 60.4 Å². The Kier molecular flexibility index (Phi) is 2.38. The molecule has 100 valence electrons. The van der Waals surface area contributed by atoms with E-state index < -0.39 is 5.97 Å². The fourth-order valence-corrected chi connectivity index (χ4v) is 2.61. The summed E-state index contributed by atoms with van der Waals surface area (Å²) in [5, 5.41) is 13.0. The van der Waals surface area contributed by atoms with Gasteiger partial charge in [0.2, 0.25) is 0 Å². The lowest BCUT2D eigenvalue weighted by molar-refractivity contribution is 0.0696. The minimum absolute atomic E-state index is 0.193. The number of carboxylic acids is 1. The van der Waals surface area contributed by atoms with Crippen LogP contribution in [-0.2, 0) is 0 Å². The summed E-state index contributed by atoms with van der Waals surface area (Å²) >= 11 is 0. The predicted octanol–water partition coefficient (Wildman–Crippen LogP) is 3.63. The number of nitrogens with zero attached hydrogens (tertiary/aromatic N) is 2. The number of carbonyl (C=O) groups is 1. The zero-order chi connectivity index (χ0) is 14.4. The molecule has 1 N–H and O–H groups in total. The van der Waals surface area contributed by atoms with Crippen LogP contribution in [0.1, 0.15) is 10.4 Å². The third-order valence-electron chi connectivity index (χ3n) is 3.64. The van der Waals surface area contributed by atoms with Crippen LogP contribution in [0.5, 0.6) is 0 Å². The van der Waals surface area contributed by atoms with E-state index >= 15 is 0 Å². The number of hydrogen-bond acceptors (Lipinski definition) is 3. The molecule has 0 aliphatic rings. The summed E-state index contributed by atoms with van der Waals surface area (Å²) in [6.07, 6.45) is 3.18. The Hall–Kier alpha value is -3.01. The molecule has 4 rings (SSSR count). The van der Waals surface area contributed by atoms with Gasteiger partial charge < -0.3 is 5.11 Å². The Morgan fingerprint density at radius 1 is 0.952 bits per heavy atom. The number of aromatic nitrogens is 2. The number of hydrogen-bond donors (Lipinski definition) is 1. The molecule has 0 bridgehead atoms. The lowest BCUT2D eigenvalue weighted by Gasteiger charge is -2.00. The largest absolute Gasteiger partial charge is 0.478 e. The molecular formula is C17H10N2O2. The van der Waals surface area contributed by atoms with Gasteiger partial charge in [0, 0.05) is 28.6 Å². The van der Waals surface area contributed by atoms with Crippen LogP contribution in [-0.4, -0.2) is 21.0 Å². The van der Waals surface area contributed by atoms with Gasteiger partial charge in [0.25, 0.3) is 0 Å². The standard InChI is InChI=1S/C17H10N2O2/c20-17(21)13-6-12-3-1-2-10-8-15-11(4-5-18-15)7-14(10)16(12)19-9-13/h1-9H,(H,20,21). The number of carboxylic acid groups (broad SMARTS) is 1. The summed E-state index contributed by atoms with van der Waals surface area (Å²) in [5.41, 5.74) is 1.94. The zero-order valence-corrected chi connectivity index (χ0v) is 10.9. The van der Waals surface area contributed by atoms with Crippen LogP contribution in [0.4, 0.5) is 0 Å². The molecular weight excluding hydrogens is 264 g/mol. The van der Waals surface area contributed by atoms with Crippen LogP contribution < -0.4 is 0 Å². The third kappa shape index (κ3) is 1.80. The Morgan fingerprint density at radius 2 is 1.81 bits per heavy atom. The molecule has 0 aliphatic carbocycles. The topological polar surface area (TPSA) is 63.1 Å². The summed E-state index contributed by atoms with van der Waals surface area (Å²) in [6, 6.07) is 13.5. The summed E-state index contributed by atoms with van der Waals surface area (Å²) < 4.78 is 0. The lowest BCUT2D eigenvalue weighted by atomic mass is 10.1. The zero-order valence-electron chi connectivity index (χ0n) is 10.9. The van der Waals surface area contributed by atoms with E-state index in [-0.39, 0.29) is 5.56 Å². The molecule has 0 saturated carbocycles. The maximum atomic E-state index is 11.1. The van der Waals surface area contributed by atoms with Crippen LogP contribution in [0.2, 0.25) is 0 Å². The molecule has 0 atom stereocenters. The smallest absolute Gasteiger partial charge is 0.337 e. The number of benzene rings is 1. The Morgan fingerprint density at radius 3 is 2.67 bits per heavy atom. The highest BCUT2D eigenvalue weighted by molar-refractivity contribution is 6.09. The molecule has 2 aromatic carbocycles. The van der Waals surface area contributed by atoms with Gasteiger partial charge in [-0.3, -0.25) is 9.97 Å². The van der Waals surface area contributed by atoms with Crippen molar-refractivity contribution < 1.29 is 9.90 Å². The normalized spacial score (nSPS) is 11.2. The van der Waals surface area contributed by atoms with Gasteiger partial charge in [-0.25, -0.2) is 4.79 Å². The average Bonchev–Trinajstić information content (AvgIpc) is 2.85. The molecule has 4 aromatic rings. The quantitative estimate of drug-likeness (QED) is 0.575. The van der Waals surface area contributed by atoms with Crippen LogP contribution in [0.25, 0.3) is 32.6 Å². The van der Waals surface area contributed by atoms with Crippen molar-refractivity contribution in [2.24, 2.45) is 0 Å². The van der Waals surface area contributed by atoms with Crippen molar-refractivity contribution >= 4 is 38.5 Å². The first-order valence-electron chi connectivity index (χ1n) is 6.53. The summed E-state index contributed by atoms with van der Waals surface area (Å²) in [5.74, 6) is -0.970. The summed E-state index contributed by atoms with van der Waals surface area (Å²) in [4.78, 5) is 19.7. The second-order valence-electron chi connectivity index (χ2n) is 4.94. The van der Waals surface area contributed by atoms with Crippen LogP contribution >= 0.6 is 0 Å². The molecule has 0 amide bonds. The lowest BCUT2D eigenvalue weighted by Crippen LogP contribution is -1.96. The number of pyridine rings is 1. The number of rotatable bonds is 1. The van der Waals surface area contributed by atoms with Gasteiger partial charge in [-0.1, -0.05) is 18.2 Å². The first kappa shape index (κ1) is 11.8. The molecule has 0 saturated heterocycles. The molecule has 2 heterocycles. The highest BCUT2D eigenvalue weighted by Crippen LogP contribution is 2.27. The van der Waals surface area contributed by atoms with Crippen molar-refractivity contribution in [2.45, 2.75) is 0 Å². The maximum Gasteiger partial charge on any atom is 0.337 e. The van der Waals surface area contributed by atoms with Crippen molar-refractivity contribution in [1.82, 2.24) is 9.97 Å². The van der Waals surface area contributed by atoms with Gasteiger partial charge in [0.1, 0.15) is 0 Å². The van der Waals surface area contributed by atoms with E-state index in [1.807, 2.05) is 36.4 Å². The maximum absolute atomic E-state index is 11.1. The first-order chi connectivity index (χ1) is 10.2. The van der Waals surface area contributed by atoms with E-state index in [4.69, 9.17) is 5.11 Å². The van der Waals surface area contributed by atoms with Gasteiger partial charge in [0.15, 0.2) is 0 Å². The first-order valence-corrected chi connectivity index (χ1v) is 6.53. The monoisotopic (exact) mass is 274 g/mol. The van der Waals surface area contributed by atoms with E-state index in [0.717, 1.165) is 32.6 Å². The van der Waals surface area contributed by atoms with Crippen LogP contribution in [0, 0.1) is 0 Å². The molecule has 4 heteroatoms. The SMILES string of the molecule is O=C(O)c1cnc2c(cccc3cc4nccc4cc32)c1. The summed E-state index contributed by atoms with van der Waals surface area (Å²) in [7, 11) is 0. The molecule has 2 aromatic heterocycles. The average molecular weight is 274 g/mol. The number of fused-ring (bicyclic) bond motifs is 4. The summed E-state index contributed by atoms with van der Waals surface area (Å²) in [6.45, 7) is 0. The molecule has 21 heavy (non-hydrogen) atoms. The van der Waals surface area contributed by atoms with E-state index in [9.17, 15) is 4.79 Å². The predicted molar refractivity (Wildman–Crippen MR) is 81.5 cm³/mol. The molecule has 0 fully saturated rings. The molecule has 0 aliphatic heterocycles. The fraction of sp³-hybridized carbons (Fsp3) is 0. The minimum atomic E-state index is -0.970. The van der Waals surface area contributed by atoms with E-state index in [0.29, 0.717) is 0 Å². The second kappa shape index (κ2) is 4.24. The van der Waals surface area contributed by atoms with Crippen molar-refractivity contribution in [3.8, 4) is 0 Å². The van der Waals surface area contributed by atoms with E-state index in [1.54, 1.807) is 12.3 Å². The highest BCUT2D eigenvalue weighted by Gasteiger charge is 2.07. The Balaban J connectivity index is 2.19. The van der Waals surface area contributed by atoms with Crippen LogP contribution in [0.15, 0.2) is 54.9 Å². The van der Waals surface area contributed by atoms with Crippen molar-refractivity contribution in [3.63, 3.8) is 0 Å². The highest BCUT2D eigenvalue weighted by atomic mass is 16.4. The van der Waals surface area contributed by atoms with E-state index in [1.165, 1.54) is 6.20 Å². The minimum Gasteiger partial charge on any atom is -0.478 e. The van der Waals surface area contributed by atoms with Crippen molar-refractivity contribution in [2.75, 3.05) is 0 Å². The van der Waals surface area contributed by atoms with Gasteiger partial charge >= 0.3 is 5.97 Å². The molecule has 0 unspecified atom stereocenters. The molecule has 0 spiro atoms. The van der Waals surface area contributed by atoms with Gasteiger partial charge in [0.05, 0.1) is 16.6 Å². The van der Waals surface area contributed by atoms with Gasteiger partial charge in [-0.15, -0.1) is 0 Å². The van der Waals surface area contributed by atoms with Crippen molar-refractivity contribution in [1.29, 1.82) is 0 Å². The Bertz CT molecular complexity index is 1020. The van der Waals surface area contributed by atoms with Gasteiger partial charge in [-0.05, 0) is 29.7 Å². The van der Waals surface area contributed by atoms with Gasteiger partial charge in [-0.2, -0.15) is 0 Å². The number of aromatic carboxylic acids is 1. The second-order valence-corrected chi connectivity index (χ2v) is 4.94. The molecule has 4 nitrogen and oxygen atoms in total.